The lowest BCUT2D eigenvalue weighted by Crippen LogP contribution is -2.44. The molecule has 1 saturated heterocycles. The number of aromatic nitrogens is 3. The van der Waals surface area contributed by atoms with E-state index >= 15 is 0 Å². The third-order valence-corrected chi connectivity index (χ3v) is 6.93. The van der Waals surface area contributed by atoms with Gasteiger partial charge in [0.15, 0.2) is 10.8 Å². The van der Waals surface area contributed by atoms with E-state index in [9.17, 15) is 14.4 Å². The van der Waals surface area contributed by atoms with Crippen molar-refractivity contribution in [3.63, 3.8) is 0 Å². The van der Waals surface area contributed by atoms with Crippen molar-refractivity contribution in [3.05, 3.63) is 46.0 Å². The quantitative estimate of drug-likeness (QED) is 0.559. The number of carbonyl (C=O) groups is 2. The van der Waals surface area contributed by atoms with Crippen LogP contribution < -0.4 is 21.1 Å². The molecule has 34 heavy (non-hydrogen) atoms. The van der Waals surface area contributed by atoms with Gasteiger partial charge >= 0.3 is 0 Å². The van der Waals surface area contributed by atoms with E-state index < -0.39 is 0 Å². The van der Waals surface area contributed by atoms with Crippen LogP contribution in [0.1, 0.15) is 37.8 Å². The summed E-state index contributed by atoms with van der Waals surface area (Å²) >= 11 is 1.26. The van der Waals surface area contributed by atoms with Crippen molar-refractivity contribution in [2.45, 2.75) is 53.1 Å². The number of nitrogens with zero attached hydrogens (tertiary/aromatic N) is 4. The SMILES string of the molecule is Cc1ccc(NC(=O)Cn2cnc3nc(N4CCCC(C(=O)NC(C)C)C4)sc3c2=O)c(C)c1. The molecule has 9 nitrogen and oxygen atoms in total. The van der Waals surface area contributed by atoms with Crippen LogP contribution in [0.4, 0.5) is 10.8 Å². The van der Waals surface area contributed by atoms with Crippen LogP contribution in [0.25, 0.3) is 10.3 Å². The van der Waals surface area contributed by atoms with E-state index in [1.165, 1.54) is 22.2 Å². The zero-order chi connectivity index (χ0) is 24.4. The summed E-state index contributed by atoms with van der Waals surface area (Å²) in [7, 11) is 0. The van der Waals surface area contributed by atoms with Crippen molar-refractivity contribution < 1.29 is 9.59 Å². The molecule has 3 aromatic rings. The molecule has 2 amide bonds. The Labute approximate surface area is 202 Å². The lowest BCUT2D eigenvalue weighted by Gasteiger charge is -2.32. The third-order valence-electron chi connectivity index (χ3n) is 5.84. The summed E-state index contributed by atoms with van der Waals surface area (Å²) in [5.41, 5.74) is 2.87. The summed E-state index contributed by atoms with van der Waals surface area (Å²) in [5.74, 6) is -0.354. The molecule has 0 aliphatic carbocycles. The topological polar surface area (TPSA) is 109 Å². The van der Waals surface area contributed by atoms with E-state index in [0.717, 1.165) is 36.2 Å². The van der Waals surface area contributed by atoms with Gasteiger partial charge in [0.2, 0.25) is 11.8 Å². The van der Waals surface area contributed by atoms with Gasteiger partial charge in [0.05, 0.1) is 5.92 Å². The molecule has 0 radical (unpaired) electrons. The second kappa shape index (κ2) is 9.92. The minimum Gasteiger partial charge on any atom is -0.354 e. The number of benzene rings is 1. The molecule has 0 saturated carbocycles. The Balaban J connectivity index is 1.49. The normalized spacial score (nSPS) is 16.1. The van der Waals surface area contributed by atoms with Crippen molar-refractivity contribution in [2.75, 3.05) is 23.3 Å². The van der Waals surface area contributed by atoms with E-state index in [4.69, 9.17) is 0 Å². The van der Waals surface area contributed by atoms with Gasteiger partial charge in [0.1, 0.15) is 17.6 Å². The molecule has 0 spiro atoms. The maximum atomic E-state index is 13.0. The number of thiazole rings is 1. The van der Waals surface area contributed by atoms with Crippen LogP contribution in [0.3, 0.4) is 0 Å². The molecule has 1 fully saturated rings. The van der Waals surface area contributed by atoms with Crippen molar-refractivity contribution in [1.82, 2.24) is 19.9 Å². The van der Waals surface area contributed by atoms with Gasteiger partial charge in [-0.1, -0.05) is 29.0 Å². The van der Waals surface area contributed by atoms with Gasteiger partial charge in [0.25, 0.3) is 5.56 Å². The predicted octanol–water partition coefficient (Wildman–Crippen LogP) is 2.85. The highest BCUT2D eigenvalue weighted by Gasteiger charge is 2.28. The number of carbonyl (C=O) groups excluding carboxylic acids is 2. The molecular weight excluding hydrogens is 452 g/mol. The molecule has 1 aliphatic heterocycles. The van der Waals surface area contributed by atoms with Crippen LogP contribution in [-0.2, 0) is 16.1 Å². The zero-order valence-electron chi connectivity index (χ0n) is 19.9. The summed E-state index contributed by atoms with van der Waals surface area (Å²) in [5, 5.41) is 6.53. The summed E-state index contributed by atoms with van der Waals surface area (Å²) in [6.07, 6.45) is 3.08. The first-order valence-electron chi connectivity index (χ1n) is 11.5. The van der Waals surface area contributed by atoms with E-state index in [2.05, 4.69) is 25.5 Å². The minimum absolute atomic E-state index is 0.0520. The van der Waals surface area contributed by atoms with Gasteiger partial charge in [0, 0.05) is 24.8 Å². The van der Waals surface area contributed by atoms with Gasteiger partial charge in [-0.2, -0.15) is 4.98 Å². The number of aryl methyl sites for hydroxylation is 2. The molecule has 10 heteroatoms. The molecule has 3 heterocycles. The fraction of sp³-hybridized carbons (Fsp3) is 0.458. The molecular formula is C24H30N6O3S. The average Bonchev–Trinajstić information content (AvgIpc) is 3.23. The summed E-state index contributed by atoms with van der Waals surface area (Å²) < 4.78 is 1.71. The first-order valence-corrected chi connectivity index (χ1v) is 12.3. The van der Waals surface area contributed by atoms with Crippen LogP contribution in [0.15, 0.2) is 29.3 Å². The number of piperidine rings is 1. The lowest BCUT2D eigenvalue weighted by atomic mass is 9.97. The van der Waals surface area contributed by atoms with E-state index in [0.29, 0.717) is 22.0 Å². The van der Waals surface area contributed by atoms with Crippen molar-refractivity contribution in [2.24, 2.45) is 5.92 Å². The highest BCUT2D eigenvalue weighted by Crippen LogP contribution is 2.29. The zero-order valence-corrected chi connectivity index (χ0v) is 20.7. The monoisotopic (exact) mass is 482 g/mol. The van der Waals surface area contributed by atoms with Gasteiger partial charge in [-0.05, 0) is 52.2 Å². The number of amides is 2. The number of anilines is 2. The van der Waals surface area contributed by atoms with Gasteiger partial charge in [-0.15, -0.1) is 0 Å². The number of nitrogens with one attached hydrogen (secondary N) is 2. The fourth-order valence-corrected chi connectivity index (χ4v) is 5.15. The Kier molecular flexibility index (Phi) is 6.97. The third kappa shape index (κ3) is 5.27. The van der Waals surface area contributed by atoms with E-state index in [1.807, 2.05) is 45.9 Å². The highest BCUT2D eigenvalue weighted by molar-refractivity contribution is 7.22. The van der Waals surface area contributed by atoms with Crippen molar-refractivity contribution in [3.8, 4) is 0 Å². The van der Waals surface area contributed by atoms with Crippen LogP contribution in [0.2, 0.25) is 0 Å². The van der Waals surface area contributed by atoms with Crippen LogP contribution >= 0.6 is 11.3 Å². The molecule has 1 aliphatic rings. The molecule has 1 aromatic carbocycles. The van der Waals surface area contributed by atoms with Crippen LogP contribution in [0, 0.1) is 19.8 Å². The Bertz CT molecular complexity index is 1280. The van der Waals surface area contributed by atoms with Crippen molar-refractivity contribution in [1.29, 1.82) is 0 Å². The molecule has 1 atom stereocenters. The molecule has 1 unspecified atom stereocenters. The van der Waals surface area contributed by atoms with Crippen LogP contribution in [0.5, 0.6) is 0 Å². The second-order valence-electron chi connectivity index (χ2n) is 9.14. The standard InChI is InChI=1S/C24H30N6O3S/c1-14(2)26-22(32)17-6-5-9-29(11-17)24-28-21-20(34-24)23(33)30(13-25-21)12-19(31)27-18-8-7-15(3)10-16(18)4/h7-8,10,13-14,17H,5-6,9,11-12H2,1-4H3,(H,26,32)(H,27,31). The van der Waals surface area contributed by atoms with Gasteiger partial charge < -0.3 is 15.5 Å². The van der Waals surface area contributed by atoms with Crippen LogP contribution in [-0.4, -0.2) is 45.5 Å². The summed E-state index contributed by atoms with van der Waals surface area (Å²) in [6.45, 7) is 9.02. The highest BCUT2D eigenvalue weighted by atomic mass is 32.1. The largest absolute Gasteiger partial charge is 0.354 e. The maximum absolute atomic E-state index is 13.0. The van der Waals surface area contributed by atoms with Crippen molar-refractivity contribution >= 4 is 44.3 Å². The molecule has 2 N–H and O–H groups in total. The smallest absolute Gasteiger partial charge is 0.273 e. The number of fused-ring (bicyclic) bond motifs is 1. The summed E-state index contributed by atoms with van der Waals surface area (Å²) in [6, 6.07) is 5.88. The van der Waals surface area contributed by atoms with Gasteiger partial charge in [-0.25, -0.2) is 4.98 Å². The average molecular weight is 483 g/mol. The molecule has 2 aromatic heterocycles. The number of hydrogen-bond donors (Lipinski definition) is 2. The minimum atomic E-state index is -0.296. The Morgan fingerprint density at radius 3 is 2.79 bits per heavy atom. The molecule has 180 valence electrons. The Hall–Kier alpha value is -3.27. The first kappa shape index (κ1) is 23.9. The summed E-state index contributed by atoms with van der Waals surface area (Å²) in [4.78, 5) is 49.0. The Morgan fingerprint density at radius 1 is 1.26 bits per heavy atom. The lowest BCUT2D eigenvalue weighted by molar-refractivity contribution is -0.125. The second-order valence-corrected chi connectivity index (χ2v) is 10.1. The molecule has 0 bridgehead atoms. The maximum Gasteiger partial charge on any atom is 0.273 e. The Morgan fingerprint density at radius 2 is 2.06 bits per heavy atom. The van der Waals surface area contributed by atoms with E-state index in [1.54, 1.807) is 0 Å². The first-order chi connectivity index (χ1) is 16.2. The van der Waals surface area contributed by atoms with Gasteiger partial charge in [-0.3, -0.25) is 19.0 Å². The number of rotatable bonds is 6. The fourth-order valence-electron chi connectivity index (χ4n) is 4.15. The molecule has 4 rings (SSSR count). The predicted molar refractivity (Wildman–Crippen MR) is 134 cm³/mol. The number of hydrogen-bond acceptors (Lipinski definition) is 7. The van der Waals surface area contributed by atoms with E-state index in [-0.39, 0.29) is 35.9 Å².